The zero-order chi connectivity index (χ0) is 37.4. The maximum Gasteiger partial charge on any atom is 0.318 e. The van der Waals surface area contributed by atoms with E-state index < -0.39 is 17.8 Å². The first-order valence-corrected chi connectivity index (χ1v) is 18.8. The van der Waals surface area contributed by atoms with Gasteiger partial charge in [0.25, 0.3) is 5.91 Å². The maximum absolute atomic E-state index is 13.6. The van der Waals surface area contributed by atoms with E-state index in [4.69, 9.17) is 26.3 Å². The van der Waals surface area contributed by atoms with E-state index in [2.05, 4.69) is 66.0 Å². The van der Waals surface area contributed by atoms with E-state index in [1.165, 1.54) is 37.0 Å². The van der Waals surface area contributed by atoms with Gasteiger partial charge < -0.3 is 14.5 Å². The Balaban J connectivity index is 0.00000151. The van der Waals surface area contributed by atoms with Crippen LogP contribution < -0.4 is 9.64 Å². The number of unbranched alkanes of at least 4 members (excludes halogenated alkanes) is 4. The monoisotopic (exact) mass is 701 g/mol. The minimum atomic E-state index is -1.02. The number of carbonyl (C=O) groups excluding carboxylic acids is 1. The summed E-state index contributed by atoms with van der Waals surface area (Å²) in [6.07, 6.45) is 10.4. The van der Waals surface area contributed by atoms with Gasteiger partial charge in [-0.05, 0) is 42.7 Å². The fraction of sp³-hybridized carbons (Fsp3) is 0.650. The van der Waals surface area contributed by atoms with Gasteiger partial charge in [0.15, 0.2) is 5.83 Å². The van der Waals surface area contributed by atoms with Crippen LogP contribution in [0.3, 0.4) is 0 Å². The predicted octanol–water partition coefficient (Wildman–Crippen LogP) is 10.9. The Hall–Kier alpha value is -3.18. The maximum atomic E-state index is 13.6. The van der Waals surface area contributed by atoms with Crippen LogP contribution in [0.4, 0.5) is 10.2 Å². The summed E-state index contributed by atoms with van der Waals surface area (Å²) >= 11 is 6.37. The van der Waals surface area contributed by atoms with Crippen LogP contribution in [0, 0.1) is 17.2 Å². The number of aryl methyl sites for hydroxylation is 1. The highest BCUT2D eigenvalue weighted by atomic mass is 35.5. The summed E-state index contributed by atoms with van der Waals surface area (Å²) in [6.45, 7) is 23.5. The lowest BCUT2D eigenvalue weighted by molar-refractivity contribution is -0.131. The average Bonchev–Trinajstić information content (AvgIpc) is 3.09. The number of benzene rings is 1. The SMILES string of the molecule is C=C(F)C(=O)N1CCN(c2nc(OC)nc(C(C)CCc3ccccc3Cl)c2CCC)CC1CC#N.CC.CC(C)C.CCCCCCC. The number of amides is 1. The molecule has 9 heteroatoms. The third-order valence-electron chi connectivity index (χ3n) is 7.76. The van der Waals surface area contributed by atoms with Crippen molar-refractivity contribution in [3.8, 4) is 12.1 Å². The molecule has 1 aliphatic rings. The minimum Gasteiger partial charge on any atom is -0.467 e. The Kier molecular flexibility index (Phi) is 24.9. The van der Waals surface area contributed by atoms with Crippen molar-refractivity contribution in [1.29, 1.82) is 5.26 Å². The molecule has 0 bridgehead atoms. The van der Waals surface area contributed by atoms with Crippen molar-refractivity contribution < 1.29 is 13.9 Å². The normalized spacial score (nSPS) is 14.2. The van der Waals surface area contributed by atoms with Crippen molar-refractivity contribution in [3.05, 3.63) is 58.5 Å². The number of aromatic nitrogens is 2. The van der Waals surface area contributed by atoms with E-state index in [0.717, 1.165) is 59.3 Å². The zero-order valence-electron chi connectivity index (χ0n) is 32.2. The van der Waals surface area contributed by atoms with E-state index in [-0.39, 0.29) is 24.9 Å². The van der Waals surface area contributed by atoms with Crippen molar-refractivity contribution in [3.63, 3.8) is 0 Å². The molecule has 1 aromatic carbocycles. The molecule has 1 saturated heterocycles. The van der Waals surface area contributed by atoms with Gasteiger partial charge in [0.2, 0.25) is 0 Å². The average molecular weight is 702 g/mol. The topological polar surface area (TPSA) is 82.3 Å². The summed E-state index contributed by atoms with van der Waals surface area (Å²) in [6, 6.07) is 9.77. The molecule has 276 valence electrons. The van der Waals surface area contributed by atoms with Crippen molar-refractivity contribution in [2.24, 2.45) is 5.92 Å². The molecule has 2 heterocycles. The smallest absolute Gasteiger partial charge is 0.318 e. The molecule has 2 atom stereocenters. The first kappa shape index (κ1) is 45.8. The van der Waals surface area contributed by atoms with Crippen LogP contribution in [0.15, 0.2) is 36.7 Å². The molecule has 1 fully saturated rings. The van der Waals surface area contributed by atoms with Gasteiger partial charge in [0.05, 0.1) is 31.3 Å². The van der Waals surface area contributed by atoms with E-state index >= 15 is 0 Å². The van der Waals surface area contributed by atoms with Gasteiger partial charge in [-0.25, -0.2) is 4.39 Å². The lowest BCUT2D eigenvalue weighted by Crippen LogP contribution is -2.55. The first-order valence-electron chi connectivity index (χ1n) is 18.4. The fourth-order valence-electron chi connectivity index (χ4n) is 5.36. The van der Waals surface area contributed by atoms with Gasteiger partial charge in [-0.15, -0.1) is 0 Å². The number of nitrogens with zero attached hydrogens (tertiary/aromatic N) is 5. The fourth-order valence-corrected chi connectivity index (χ4v) is 5.59. The predicted molar refractivity (Wildman–Crippen MR) is 205 cm³/mol. The Morgan fingerprint density at radius 1 is 1.04 bits per heavy atom. The highest BCUT2D eigenvalue weighted by Gasteiger charge is 2.34. The van der Waals surface area contributed by atoms with Gasteiger partial charge >= 0.3 is 6.01 Å². The molecule has 0 spiro atoms. The van der Waals surface area contributed by atoms with Crippen LogP contribution in [0.1, 0.15) is 136 Å². The van der Waals surface area contributed by atoms with Gasteiger partial charge in [-0.3, -0.25) is 4.79 Å². The molecule has 0 radical (unpaired) electrons. The number of anilines is 1. The molecular weight excluding hydrogens is 637 g/mol. The second-order valence-electron chi connectivity index (χ2n) is 12.8. The molecule has 0 N–H and O–H groups in total. The summed E-state index contributed by atoms with van der Waals surface area (Å²) < 4.78 is 19.1. The summed E-state index contributed by atoms with van der Waals surface area (Å²) in [5.74, 6) is -0.0854. The molecule has 7 nitrogen and oxygen atoms in total. The number of rotatable bonds is 14. The number of methoxy groups -OCH3 is 1. The molecule has 3 rings (SSSR count). The molecule has 0 saturated carbocycles. The minimum absolute atomic E-state index is 0.0853. The summed E-state index contributed by atoms with van der Waals surface area (Å²) in [4.78, 5) is 25.2. The van der Waals surface area contributed by atoms with Crippen LogP contribution in [0.5, 0.6) is 6.01 Å². The summed E-state index contributed by atoms with van der Waals surface area (Å²) in [7, 11) is 1.54. The Bertz CT molecular complexity index is 1260. The number of carbonyl (C=O) groups is 1. The lowest BCUT2D eigenvalue weighted by atomic mass is 9.93. The standard InChI is InChI=1S/C27H33ClFN5O2.C7H16.C4H10.C2H6/c1-5-8-22-24(18(2)11-12-20-9-6-7-10-23(20)28)31-27(36-4)32-25(22)33-15-16-34(26(35)19(3)29)21(17-33)13-14-30;1-3-5-7-6-4-2;1-4(2)3;1-2/h6-7,9-10,18,21H,3,5,8,11-13,15-17H2,1-2,4H3;3-7H2,1-2H3;4H,1-3H3;1-2H3. The molecule has 1 aromatic heterocycles. The summed E-state index contributed by atoms with van der Waals surface area (Å²) in [5, 5.41) is 10.1. The van der Waals surface area contributed by atoms with Crippen molar-refractivity contribution in [2.45, 2.75) is 138 Å². The van der Waals surface area contributed by atoms with Crippen LogP contribution in [-0.4, -0.2) is 53.6 Å². The lowest BCUT2D eigenvalue weighted by Gasteiger charge is -2.41. The zero-order valence-corrected chi connectivity index (χ0v) is 33.0. The third kappa shape index (κ3) is 16.9. The number of hydrogen-bond acceptors (Lipinski definition) is 6. The number of hydrogen-bond donors (Lipinski definition) is 0. The van der Waals surface area contributed by atoms with Crippen LogP contribution in [0.2, 0.25) is 5.02 Å². The summed E-state index contributed by atoms with van der Waals surface area (Å²) in [5.41, 5.74) is 3.06. The van der Waals surface area contributed by atoms with Gasteiger partial charge in [0, 0.05) is 30.2 Å². The van der Waals surface area contributed by atoms with Crippen molar-refractivity contribution in [1.82, 2.24) is 14.9 Å². The third-order valence-corrected chi connectivity index (χ3v) is 8.13. The van der Waals surface area contributed by atoms with Gasteiger partial charge in [0.1, 0.15) is 5.82 Å². The number of halogens is 2. The van der Waals surface area contributed by atoms with Crippen LogP contribution >= 0.6 is 11.6 Å². The van der Waals surface area contributed by atoms with Gasteiger partial charge in [-0.1, -0.05) is 137 Å². The van der Waals surface area contributed by atoms with Crippen LogP contribution in [0.25, 0.3) is 0 Å². The molecule has 2 unspecified atom stereocenters. The Labute approximate surface area is 303 Å². The second kappa shape index (κ2) is 26.7. The first-order chi connectivity index (χ1) is 23.4. The number of nitriles is 1. The van der Waals surface area contributed by atoms with E-state index in [1.807, 2.05) is 38.1 Å². The van der Waals surface area contributed by atoms with E-state index in [9.17, 15) is 14.4 Å². The molecule has 1 amide bonds. The van der Waals surface area contributed by atoms with Crippen molar-refractivity contribution in [2.75, 3.05) is 31.6 Å². The quantitative estimate of drug-likeness (QED) is 0.144. The second-order valence-corrected chi connectivity index (χ2v) is 13.2. The van der Waals surface area contributed by atoms with E-state index in [0.29, 0.717) is 13.1 Å². The van der Waals surface area contributed by atoms with Crippen LogP contribution in [-0.2, 0) is 17.6 Å². The molecule has 0 aliphatic carbocycles. The number of piperazine rings is 1. The molecular formula is C40H65ClFN5O2. The molecule has 1 aliphatic heterocycles. The van der Waals surface area contributed by atoms with E-state index in [1.54, 1.807) is 7.11 Å². The molecule has 49 heavy (non-hydrogen) atoms. The highest BCUT2D eigenvalue weighted by molar-refractivity contribution is 6.31. The molecule has 2 aromatic rings. The van der Waals surface area contributed by atoms with Gasteiger partial charge in [-0.2, -0.15) is 15.2 Å². The Morgan fingerprint density at radius 2 is 1.65 bits per heavy atom. The van der Waals surface area contributed by atoms with Crippen molar-refractivity contribution >= 4 is 23.3 Å². The number of ether oxygens (including phenoxy) is 1. The Morgan fingerprint density at radius 3 is 2.16 bits per heavy atom. The highest BCUT2D eigenvalue weighted by Crippen LogP contribution is 2.34. The largest absolute Gasteiger partial charge is 0.467 e.